The Labute approximate surface area is 126 Å². The van der Waals surface area contributed by atoms with E-state index in [-0.39, 0.29) is 11.6 Å². The standard InChI is InChI=1S/C17H15N3O2/c1-11-4-2-3-5-12(11)6-9-16(21)18-13-7-8-14-15(10-13)20-17(22)19-14/h2-10H,1H3,(H,18,21)(H2,19,20,22). The lowest BCUT2D eigenvalue weighted by Crippen LogP contribution is -2.07. The van der Waals surface area contributed by atoms with Crippen LogP contribution in [0.1, 0.15) is 11.1 Å². The average molecular weight is 293 g/mol. The fraction of sp³-hybridized carbons (Fsp3) is 0.0588. The molecule has 0 saturated carbocycles. The normalized spacial score (nSPS) is 11.1. The number of H-pyrrole nitrogens is 2. The van der Waals surface area contributed by atoms with Gasteiger partial charge in [-0.1, -0.05) is 24.3 Å². The number of hydrogen-bond acceptors (Lipinski definition) is 2. The molecular weight excluding hydrogens is 278 g/mol. The second-order valence-corrected chi connectivity index (χ2v) is 5.02. The zero-order chi connectivity index (χ0) is 15.5. The molecule has 1 heterocycles. The largest absolute Gasteiger partial charge is 0.323 e. The maximum atomic E-state index is 12.0. The fourth-order valence-corrected chi connectivity index (χ4v) is 2.23. The predicted molar refractivity (Wildman–Crippen MR) is 87.8 cm³/mol. The molecule has 2 aromatic carbocycles. The van der Waals surface area contributed by atoms with E-state index >= 15 is 0 Å². The van der Waals surface area contributed by atoms with Gasteiger partial charge < -0.3 is 15.3 Å². The van der Waals surface area contributed by atoms with Crippen LogP contribution in [-0.4, -0.2) is 15.9 Å². The molecule has 0 aliphatic carbocycles. The van der Waals surface area contributed by atoms with Crippen LogP contribution in [0.5, 0.6) is 0 Å². The van der Waals surface area contributed by atoms with Gasteiger partial charge in [-0.05, 0) is 42.3 Å². The summed E-state index contributed by atoms with van der Waals surface area (Å²) in [5.41, 5.74) is 3.84. The van der Waals surface area contributed by atoms with E-state index in [9.17, 15) is 9.59 Å². The molecule has 3 N–H and O–H groups in total. The van der Waals surface area contributed by atoms with Crippen LogP contribution in [0.25, 0.3) is 17.1 Å². The minimum Gasteiger partial charge on any atom is -0.322 e. The lowest BCUT2D eigenvalue weighted by Gasteiger charge is -2.02. The van der Waals surface area contributed by atoms with Gasteiger partial charge in [-0.3, -0.25) is 4.79 Å². The molecule has 0 spiro atoms. The third-order valence-electron chi connectivity index (χ3n) is 3.39. The number of anilines is 1. The molecule has 0 aliphatic rings. The van der Waals surface area contributed by atoms with Crippen LogP contribution in [0.4, 0.5) is 5.69 Å². The molecule has 0 fully saturated rings. The highest BCUT2D eigenvalue weighted by molar-refractivity contribution is 6.02. The molecule has 0 unspecified atom stereocenters. The first-order valence-corrected chi connectivity index (χ1v) is 6.88. The Kier molecular flexibility index (Phi) is 3.62. The summed E-state index contributed by atoms with van der Waals surface area (Å²) in [5.74, 6) is -0.222. The molecule has 3 aromatic rings. The molecule has 22 heavy (non-hydrogen) atoms. The molecule has 5 heteroatoms. The first-order chi connectivity index (χ1) is 10.6. The van der Waals surface area contributed by atoms with E-state index in [4.69, 9.17) is 0 Å². The average Bonchev–Trinajstić information content (AvgIpc) is 2.86. The molecule has 5 nitrogen and oxygen atoms in total. The van der Waals surface area contributed by atoms with Crippen LogP contribution in [0, 0.1) is 6.92 Å². The van der Waals surface area contributed by atoms with Crippen molar-refractivity contribution in [2.45, 2.75) is 6.92 Å². The van der Waals surface area contributed by atoms with Crippen molar-refractivity contribution in [1.29, 1.82) is 0 Å². The van der Waals surface area contributed by atoms with Crippen molar-refractivity contribution in [3.05, 3.63) is 70.2 Å². The maximum Gasteiger partial charge on any atom is 0.323 e. The number of benzene rings is 2. The van der Waals surface area contributed by atoms with Crippen LogP contribution < -0.4 is 11.0 Å². The second-order valence-electron chi connectivity index (χ2n) is 5.02. The van der Waals surface area contributed by atoms with Gasteiger partial charge in [0, 0.05) is 11.8 Å². The van der Waals surface area contributed by atoms with Gasteiger partial charge in [0.25, 0.3) is 0 Å². The quantitative estimate of drug-likeness (QED) is 0.649. The molecule has 1 aromatic heterocycles. The highest BCUT2D eigenvalue weighted by Gasteiger charge is 2.02. The third-order valence-corrected chi connectivity index (χ3v) is 3.39. The minimum atomic E-state index is -0.266. The predicted octanol–water partition coefficient (Wildman–Crippen LogP) is 2.82. The van der Waals surface area contributed by atoms with Crippen molar-refractivity contribution >= 4 is 28.7 Å². The van der Waals surface area contributed by atoms with Crippen LogP contribution >= 0.6 is 0 Å². The van der Waals surface area contributed by atoms with Crippen molar-refractivity contribution < 1.29 is 4.79 Å². The van der Waals surface area contributed by atoms with Gasteiger partial charge in [0.1, 0.15) is 0 Å². The summed E-state index contributed by atoms with van der Waals surface area (Å²) in [7, 11) is 0. The van der Waals surface area contributed by atoms with Gasteiger partial charge >= 0.3 is 5.69 Å². The third kappa shape index (κ3) is 2.98. The van der Waals surface area contributed by atoms with Gasteiger partial charge in [0.05, 0.1) is 11.0 Å². The molecule has 0 atom stereocenters. The van der Waals surface area contributed by atoms with Gasteiger partial charge in [-0.25, -0.2) is 4.79 Å². The zero-order valence-electron chi connectivity index (χ0n) is 12.0. The molecule has 3 rings (SSSR count). The van der Waals surface area contributed by atoms with Crippen molar-refractivity contribution in [1.82, 2.24) is 9.97 Å². The summed E-state index contributed by atoms with van der Waals surface area (Å²) in [6.07, 6.45) is 3.27. The number of aromatic nitrogens is 2. The van der Waals surface area contributed by atoms with E-state index in [2.05, 4.69) is 15.3 Å². The summed E-state index contributed by atoms with van der Waals surface area (Å²) >= 11 is 0. The van der Waals surface area contributed by atoms with E-state index in [1.807, 2.05) is 31.2 Å². The van der Waals surface area contributed by atoms with Crippen LogP contribution in [0.3, 0.4) is 0 Å². The first kappa shape index (κ1) is 13.9. The van der Waals surface area contributed by atoms with Gasteiger partial charge in [0.2, 0.25) is 5.91 Å². The summed E-state index contributed by atoms with van der Waals surface area (Å²) < 4.78 is 0. The van der Waals surface area contributed by atoms with Crippen molar-refractivity contribution in [2.24, 2.45) is 0 Å². The number of imidazole rings is 1. The second kappa shape index (κ2) is 5.73. The number of nitrogens with one attached hydrogen (secondary N) is 3. The lowest BCUT2D eigenvalue weighted by molar-refractivity contribution is -0.111. The van der Waals surface area contributed by atoms with Gasteiger partial charge in [0.15, 0.2) is 0 Å². The van der Waals surface area contributed by atoms with Crippen molar-refractivity contribution in [2.75, 3.05) is 5.32 Å². The van der Waals surface area contributed by atoms with E-state index < -0.39 is 0 Å². The van der Waals surface area contributed by atoms with E-state index in [1.54, 1.807) is 24.3 Å². The van der Waals surface area contributed by atoms with Gasteiger partial charge in [-0.2, -0.15) is 0 Å². The monoisotopic (exact) mass is 293 g/mol. The Bertz CT molecular complexity index is 919. The molecule has 0 bridgehead atoms. The molecular formula is C17H15N3O2. The van der Waals surface area contributed by atoms with Crippen LogP contribution in [0.15, 0.2) is 53.3 Å². The number of aryl methyl sites for hydroxylation is 1. The Hall–Kier alpha value is -3.08. The number of amides is 1. The SMILES string of the molecule is Cc1ccccc1C=CC(=O)Nc1ccc2[nH]c(=O)[nH]c2c1. The molecule has 0 saturated heterocycles. The molecule has 110 valence electrons. The molecule has 0 radical (unpaired) electrons. The number of carbonyl (C=O) groups excluding carboxylic acids is 1. The summed E-state index contributed by atoms with van der Waals surface area (Å²) in [6.45, 7) is 1.99. The number of rotatable bonds is 3. The van der Waals surface area contributed by atoms with Crippen molar-refractivity contribution in [3.8, 4) is 0 Å². The number of hydrogen-bond donors (Lipinski definition) is 3. The number of carbonyl (C=O) groups is 1. The Morgan fingerprint density at radius 1 is 1.09 bits per heavy atom. The van der Waals surface area contributed by atoms with Crippen LogP contribution in [-0.2, 0) is 4.79 Å². The van der Waals surface area contributed by atoms with E-state index in [0.717, 1.165) is 11.1 Å². The Morgan fingerprint density at radius 3 is 2.68 bits per heavy atom. The zero-order valence-corrected chi connectivity index (χ0v) is 12.0. The first-order valence-electron chi connectivity index (χ1n) is 6.88. The molecule has 1 amide bonds. The topological polar surface area (TPSA) is 77.8 Å². The number of aromatic amines is 2. The number of fused-ring (bicyclic) bond motifs is 1. The Morgan fingerprint density at radius 2 is 1.86 bits per heavy atom. The van der Waals surface area contributed by atoms with Gasteiger partial charge in [-0.15, -0.1) is 0 Å². The summed E-state index contributed by atoms with van der Waals surface area (Å²) in [6, 6.07) is 13.0. The highest BCUT2D eigenvalue weighted by atomic mass is 16.1. The van der Waals surface area contributed by atoms with Crippen molar-refractivity contribution in [3.63, 3.8) is 0 Å². The smallest absolute Gasteiger partial charge is 0.322 e. The van der Waals surface area contributed by atoms with E-state index in [1.165, 1.54) is 6.08 Å². The lowest BCUT2D eigenvalue weighted by atomic mass is 10.1. The summed E-state index contributed by atoms with van der Waals surface area (Å²) in [4.78, 5) is 28.5. The molecule has 0 aliphatic heterocycles. The fourth-order valence-electron chi connectivity index (χ4n) is 2.23. The Balaban J connectivity index is 1.75. The van der Waals surface area contributed by atoms with Crippen LogP contribution in [0.2, 0.25) is 0 Å². The summed E-state index contributed by atoms with van der Waals surface area (Å²) in [5, 5.41) is 2.77. The highest BCUT2D eigenvalue weighted by Crippen LogP contribution is 2.15. The van der Waals surface area contributed by atoms with E-state index in [0.29, 0.717) is 16.7 Å². The minimum absolute atomic E-state index is 0.222. The maximum absolute atomic E-state index is 12.0.